The minimum absolute atomic E-state index is 0.241. The van der Waals surface area contributed by atoms with Gasteiger partial charge in [0, 0.05) is 24.7 Å². The summed E-state index contributed by atoms with van der Waals surface area (Å²) in [6.07, 6.45) is 11.8. The Morgan fingerprint density at radius 3 is 2.64 bits per heavy atom. The molecule has 28 heavy (non-hydrogen) atoms. The predicted molar refractivity (Wildman–Crippen MR) is 110 cm³/mol. The van der Waals surface area contributed by atoms with Crippen molar-refractivity contribution in [2.45, 2.75) is 77.2 Å². The molecule has 0 aliphatic carbocycles. The Hall–Kier alpha value is -1.79. The second-order valence-corrected chi connectivity index (χ2v) is 8.72. The van der Waals surface area contributed by atoms with Crippen LogP contribution in [0.5, 0.6) is 0 Å². The molecule has 3 rings (SSSR count). The van der Waals surface area contributed by atoms with E-state index in [2.05, 4.69) is 78.8 Å². The van der Waals surface area contributed by atoms with Crippen molar-refractivity contribution >= 4 is 0 Å². The molecule has 0 saturated carbocycles. The zero-order valence-electron chi connectivity index (χ0n) is 18.1. The molecule has 2 aromatic rings. The summed E-state index contributed by atoms with van der Waals surface area (Å²) in [5.74, 6) is 0. The van der Waals surface area contributed by atoms with Crippen LogP contribution in [0.25, 0.3) is 0 Å². The van der Waals surface area contributed by atoms with E-state index < -0.39 is 0 Å². The molecule has 1 aliphatic heterocycles. The lowest BCUT2D eigenvalue weighted by molar-refractivity contribution is -0.694. The number of nitrogens with zero attached hydrogens (tertiary/aromatic N) is 5. The van der Waals surface area contributed by atoms with Gasteiger partial charge in [0.2, 0.25) is 0 Å². The third kappa shape index (κ3) is 4.78. The fourth-order valence-electron chi connectivity index (χ4n) is 4.39. The van der Waals surface area contributed by atoms with Gasteiger partial charge < -0.3 is 9.64 Å². The van der Waals surface area contributed by atoms with Gasteiger partial charge >= 0.3 is 0 Å². The number of piperidine rings is 1. The fraction of sp³-hybridized carbons (Fsp3) is 0.682. The molecule has 154 valence electrons. The van der Waals surface area contributed by atoms with Crippen molar-refractivity contribution in [2.24, 2.45) is 0 Å². The molecule has 1 aliphatic rings. The van der Waals surface area contributed by atoms with Crippen molar-refractivity contribution < 1.29 is 9.30 Å². The summed E-state index contributed by atoms with van der Waals surface area (Å²) >= 11 is 0. The van der Waals surface area contributed by atoms with E-state index in [9.17, 15) is 0 Å². The van der Waals surface area contributed by atoms with Gasteiger partial charge in [-0.15, -0.1) is 0 Å². The van der Waals surface area contributed by atoms with Crippen molar-refractivity contribution in [2.75, 3.05) is 20.1 Å². The van der Waals surface area contributed by atoms with E-state index in [0.717, 1.165) is 45.3 Å². The van der Waals surface area contributed by atoms with E-state index in [-0.39, 0.29) is 17.2 Å². The average molecular weight is 387 g/mol. The lowest BCUT2D eigenvalue weighted by atomic mass is 9.83. The number of hydrogen-bond donors (Lipinski definition) is 0. The van der Waals surface area contributed by atoms with Gasteiger partial charge in [0.1, 0.15) is 24.8 Å². The van der Waals surface area contributed by atoms with E-state index in [1.807, 2.05) is 11.0 Å². The number of hydrogen-bond acceptors (Lipinski definition) is 4. The molecule has 1 fully saturated rings. The van der Waals surface area contributed by atoms with Gasteiger partial charge in [0.05, 0.1) is 11.6 Å². The van der Waals surface area contributed by atoms with Gasteiger partial charge in [-0.25, -0.2) is 14.2 Å². The zero-order valence-corrected chi connectivity index (χ0v) is 18.1. The van der Waals surface area contributed by atoms with E-state index in [1.165, 1.54) is 5.56 Å². The third-order valence-corrected chi connectivity index (χ3v) is 6.03. The van der Waals surface area contributed by atoms with E-state index >= 15 is 0 Å². The summed E-state index contributed by atoms with van der Waals surface area (Å²) in [6.45, 7) is 11.9. The van der Waals surface area contributed by atoms with Crippen LogP contribution in [-0.4, -0.2) is 45.4 Å². The van der Waals surface area contributed by atoms with Crippen LogP contribution in [0.3, 0.4) is 0 Å². The van der Waals surface area contributed by atoms with Crippen LogP contribution in [0.4, 0.5) is 0 Å². The molecule has 0 amide bonds. The van der Waals surface area contributed by atoms with Gasteiger partial charge in [-0.3, -0.25) is 0 Å². The van der Waals surface area contributed by atoms with Crippen LogP contribution >= 0.6 is 0 Å². The average Bonchev–Trinajstić information content (AvgIpc) is 3.22. The molecule has 0 N–H and O–H groups in total. The van der Waals surface area contributed by atoms with Gasteiger partial charge in [-0.05, 0) is 59.6 Å². The molecule has 0 bridgehead atoms. The highest BCUT2D eigenvalue weighted by molar-refractivity contribution is 5.18. The molecule has 3 heterocycles. The summed E-state index contributed by atoms with van der Waals surface area (Å²) in [6, 6.07) is 4.68. The first-order valence-corrected chi connectivity index (χ1v) is 10.6. The van der Waals surface area contributed by atoms with Gasteiger partial charge in [0.15, 0.2) is 12.4 Å². The largest absolute Gasteiger partial charge is 0.364 e. The van der Waals surface area contributed by atoms with E-state index in [1.54, 1.807) is 6.33 Å². The predicted octanol–water partition coefficient (Wildman–Crippen LogP) is 3.34. The second-order valence-electron chi connectivity index (χ2n) is 8.72. The van der Waals surface area contributed by atoms with Crippen LogP contribution < -0.4 is 4.57 Å². The lowest BCUT2D eigenvalue weighted by Gasteiger charge is -2.45. The van der Waals surface area contributed by atoms with Gasteiger partial charge in [-0.2, -0.15) is 5.10 Å². The Morgan fingerprint density at radius 2 is 2.04 bits per heavy atom. The van der Waals surface area contributed by atoms with Crippen molar-refractivity contribution in [1.29, 1.82) is 0 Å². The molecule has 0 radical (unpaired) electrons. The first kappa shape index (κ1) is 20.9. The topological polar surface area (TPSA) is 47.1 Å². The number of aryl methyl sites for hydroxylation is 1. The highest BCUT2D eigenvalue weighted by Crippen LogP contribution is 2.41. The molecular weight excluding hydrogens is 350 g/mol. The Kier molecular flexibility index (Phi) is 6.50. The normalized spacial score (nSPS) is 18.9. The van der Waals surface area contributed by atoms with Gasteiger partial charge in [0.25, 0.3) is 0 Å². The molecular formula is C22H36N5O+. The Morgan fingerprint density at radius 1 is 1.29 bits per heavy atom. The smallest absolute Gasteiger partial charge is 0.174 e. The monoisotopic (exact) mass is 386 g/mol. The van der Waals surface area contributed by atoms with Crippen LogP contribution in [0.15, 0.2) is 37.2 Å². The summed E-state index contributed by atoms with van der Waals surface area (Å²) in [4.78, 5) is 6.53. The SMILES string of the molecule is CCC(CC(C)(C)OC1(c2ccc[n+](CC)c2)CCN(C)CC1)n1cncn1. The molecule has 1 saturated heterocycles. The summed E-state index contributed by atoms with van der Waals surface area (Å²) in [5.41, 5.74) is 0.788. The third-order valence-electron chi connectivity index (χ3n) is 6.03. The maximum Gasteiger partial charge on any atom is 0.174 e. The highest BCUT2D eigenvalue weighted by atomic mass is 16.5. The minimum Gasteiger partial charge on any atom is -0.364 e. The molecule has 1 unspecified atom stereocenters. The number of rotatable bonds is 8. The number of ether oxygens (including phenoxy) is 1. The van der Waals surface area contributed by atoms with Crippen LogP contribution in [0.2, 0.25) is 0 Å². The highest BCUT2D eigenvalue weighted by Gasteiger charge is 2.43. The maximum absolute atomic E-state index is 7.03. The molecule has 6 nitrogen and oxygen atoms in total. The standard InChI is InChI=1S/C22H36N5O/c1-6-20(27-18-23-17-24-27)15-21(3,4)28-22(10-13-25(5)14-11-22)19-9-8-12-26(7-2)16-19/h8-9,12,16-18,20H,6-7,10-11,13-15H2,1-5H3/q+1. The van der Waals surface area contributed by atoms with Crippen LogP contribution in [-0.2, 0) is 16.9 Å². The zero-order chi connectivity index (χ0) is 20.2. The second kappa shape index (κ2) is 8.70. The first-order valence-electron chi connectivity index (χ1n) is 10.6. The number of likely N-dealkylation sites (tertiary alicyclic amines) is 1. The molecule has 2 aromatic heterocycles. The Labute approximate surface area is 169 Å². The van der Waals surface area contributed by atoms with E-state index in [4.69, 9.17) is 4.74 Å². The molecule has 1 atom stereocenters. The van der Waals surface area contributed by atoms with Crippen LogP contribution in [0.1, 0.15) is 65.0 Å². The quantitative estimate of drug-likeness (QED) is 0.653. The molecule has 0 spiro atoms. The van der Waals surface area contributed by atoms with Crippen molar-refractivity contribution in [3.63, 3.8) is 0 Å². The molecule has 0 aromatic carbocycles. The fourth-order valence-corrected chi connectivity index (χ4v) is 4.39. The van der Waals surface area contributed by atoms with Crippen molar-refractivity contribution in [1.82, 2.24) is 19.7 Å². The van der Waals surface area contributed by atoms with Crippen LogP contribution in [0, 0.1) is 0 Å². The number of aromatic nitrogens is 4. The van der Waals surface area contributed by atoms with Gasteiger partial charge in [-0.1, -0.05) is 6.92 Å². The molecule has 6 heteroatoms. The maximum atomic E-state index is 7.03. The van der Waals surface area contributed by atoms with E-state index in [0.29, 0.717) is 0 Å². The minimum atomic E-state index is -0.268. The summed E-state index contributed by atoms with van der Waals surface area (Å²) < 4.78 is 11.2. The van der Waals surface area contributed by atoms with Crippen molar-refractivity contribution in [3.8, 4) is 0 Å². The Bertz CT molecular complexity index is 735. The number of pyridine rings is 1. The lowest BCUT2D eigenvalue weighted by Crippen LogP contribution is -2.48. The Balaban J connectivity index is 1.86. The summed E-state index contributed by atoms with van der Waals surface area (Å²) in [5, 5.41) is 4.37. The first-order chi connectivity index (χ1) is 13.4. The summed E-state index contributed by atoms with van der Waals surface area (Å²) in [7, 11) is 2.20. The van der Waals surface area contributed by atoms with Crippen molar-refractivity contribution in [3.05, 3.63) is 42.7 Å².